The van der Waals surface area contributed by atoms with E-state index in [0.29, 0.717) is 25.9 Å². The van der Waals surface area contributed by atoms with Crippen molar-refractivity contribution in [1.82, 2.24) is 14.9 Å². The second-order valence-electron chi connectivity index (χ2n) is 5.77. The number of piperidine rings is 1. The average molecular weight is 354 g/mol. The van der Waals surface area contributed by atoms with E-state index >= 15 is 0 Å². The van der Waals surface area contributed by atoms with Gasteiger partial charge in [-0.1, -0.05) is 18.2 Å². The zero-order valence-corrected chi connectivity index (χ0v) is 14.3. The van der Waals surface area contributed by atoms with Crippen molar-refractivity contribution in [2.75, 3.05) is 13.1 Å². The van der Waals surface area contributed by atoms with Crippen molar-refractivity contribution < 1.29 is 18.0 Å². The fourth-order valence-corrected chi connectivity index (χ4v) is 4.01. The zero-order valence-electron chi connectivity index (χ0n) is 13.4. The van der Waals surface area contributed by atoms with E-state index < -0.39 is 28.0 Å². The van der Waals surface area contributed by atoms with Gasteiger partial charge < -0.3 is 5.73 Å². The highest BCUT2D eigenvalue weighted by molar-refractivity contribution is 7.89. The summed E-state index contributed by atoms with van der Waals surface area (Å²) in [5.74, 6) is -0.453. The molecule has 3 amide bonds. The summed E-state index contributed by atoms with van der Waals surface area (Å²) >= 11 is 0. The average Bonchev–Trinajstić information content (AvgIpc) is 2.55. The first-order chi connectivity index (χ1) is 11.3. The van der Waals surface area contributed by atoms with Crippen LogP contribution in [0.1, 0.15) is 19.8 Å². The van der Waals surface area contributed by atoms with Gasteiger partial charge in [-0.05, 0) is 31.9 Å². The number of hydrogen-bond donors (Lipinski definition) is 3. The van der Waals surface area contributed by atoms with E-state index in [1.165, 1.54) is 0 Å². The molecule has 8 nitrogen and oxygen atoms in total. The number of nitrogens with zero attached hydrogens (tertiary/aromatic N) is 1. The molecule has 9 heteroatoms. The van der Waals surface area contributed by atoms with Gasteiger partial charge in [-0.15, -0.1) is 0 Å². The van der Waals surface area contributed by atoms with Gasteiger partial charge in [0.15, 0.2) is 0 Å². The van der Waals surface area contributed by atoms with Crippen molar-refractivity contribution >= 4 is 22.0 Å². The van der Waals surface area contributed by atoms with Crippen molar-refractivity contribution in [3.05, 3.63) is 30.3 Å². The topological polar surface area (TPSA) is 122 Å². The SMILES string of the molecule is C[C@@H](C(=O)NC(N)=O)N1CCC(NS(=O)(=O)c2ccccc2)CC1. The molecule has 4 N–H and O–H groups in total. The number of amides is 3. The summed E-state index contributed by atoms with van der Waals surface area (Å²) in [5.41, 5.74) is 4.94. The zero-order chi connectivity index (χ0) is 17.7. The van der Waals surface area contributed by atoms with E-state index in [0.717, 1.165) is 0 Å². The summed E-state index contributed by atoms with van der Waals surface area (Å²) in [5, 5.41) is 2.06. The Kier molecular flexibility index (Phi) is 5.92. The molecule has 0 unspecified atom stereocenters. The third-order valence-corrected chi connectivity index (χ3v) is 5.61. The Morgan fingerprint density at radius 1 is 1.21 bits per heavy atom. The van der Waals surface area contributed by atoms with Crippen LogP contribution in [0.2, 0.25) is 0 Å². The molecule has 1 aromatic rings. The van der Waals surface area contributed by atoms with E-state index in [1.54, 1.807) is 37.3 Å². The van der Waals surface area contributed by atoms with Crippen LogP contribution in [0.3, 0.4) is 0 Å². The van der Waals surface area contributed by atoms with Gasteiger partial charge in [-0.2, -0.15) is 0 Å². The Balaban J connectivity index is 1.89. The first-order valence-corrected chi connectivity index (χ1v) is 9.19. The van der Waals surface area contributed by atoms with Crippen LogP contribution in [-0.4, -0.2) is 50.4 Å². The Labute approximate surface area is 141 Å². The van der Waals surface area contributed by atoms with Crippen LogP contribution in [0.4, 0.5) is 4.79 Å². The maximum absolute atomic E-state index is 12.3. The van der Waals surface area contributed by atoms with Crippen LogP contribution in [0.25, 0.3) is 0 Å². The molecule has 1 fully saturated rings. The molecular formula is C15H22N4O4S. The van der Waals surface area contributed by atoms with E-state index in [-0.39, 0.29) is 10.9 Å². The molecule has 24 heavy (non-hydrogen) atoms. The van der Waals surface area contributed by atoms with Gasteiger partial charge in [-0.3, -0.25) is 15.0 Å². The van der Waals surface area contributed by atoms with Crippen LogP contribution in [0.5, 0.6) is 0 Å². The predicted molar refractivity (Wildman–Crippen MR) is 88.5 cm³/mol. The number of nitrogens with one attached hydrogen (secondary N) is 2. The lowest BCUT2D eigenvalue weighted by atomic mass is 10.0. The molecule has 1 aliphatic rings. The van der Waals surface area contributed by atoms with Crippen molar-refractivity contribution in [3.63, 3.8) is 0 Å². The number of carbonyl (C=O) groups excluding carboxylic acids is 2. The summed E-state index contributed by atoms with van der Waals surface area (Å²) in [4.78, 5) is 24.7. The molecule has 1 saturated heterocycles. The predicted octanol–water partition coefficient (Wildman–Crippen LogP) is 0.0127. The smallest absolute Gasteiger partial charge is 0.318 e. The van der Waals surface area contributed by atoms with Crippen molar-refractivity contribution in [2.24, 2.45) is 5.73 Å². The number of benzene rings is 1. The van der Waals surface area contributed by atoms with Crippen LogP contribution in [-0.2, 0) is 14.8 Å². The first-order valence-electron chi connectivity index (χ1n) is 7.71. The molecule has 1 aromatic carbocycles. The molecule has 1 aliphatic heterocycles. The molecule has 1 atom stereocenters. The molecule has 0 saturated carbocycles. The van der Waals surface area contributed by atoms with E-state index in [9.17, 15) is 18.0 Å². The first kappa shape index (κ1) is 18.4. The summed E-state index contributed by atoms with van der Waals surface area (Å²) < 4.78 is 27.3. The number of sulfonamides is 1. The lowest BCUT2D eigenvalue weighted by molar-refractivity contribution is -0.125. The van der Waals surface area contributed by atoms with Crippen LogP contribution < -0.4 is 15.8 Å². The number of carbonyl (C=O) groups is 2. The lowest BCUT2D eigenvalue weighted by Crippen LogP contribution is -2.53. The number of rotatable bonds is 5. The number of urea groups is 1. The monoisotopic (exact) mass is 354 g/mol. The van der Waals surface area contributed by atoms with E-state index in [1.807, 2.05) is 4.90 Å². The summed E-state index contributed by atoms with van der Waals surface area (Å²) in [6.45, 7) is 2.79. The largest absolute Gasteiger partial charge is 0.351 e. The second-order valence-corrected chi connectivity index (χ2v) is 7.49. The highest BCUT2D eigenvalue weighted by atomic mass is 32.2. The quantitative estimate of drug-likeness (QED) is 0.688. The number of likely N-dealkylation sites (tertiary alicyclic amines) is 1. The summed E-state index contributed by atoms with van der Waals surface area (Å²) in [6.07, 6.45) is 1.17. The van der Waals surface area contributed by atoms with Crippen LogP contribution in [0, 0.1) is 0 Å². The molecule has 0 radical (unpaired) electrons. The maximum atomic E-state index is 12.3. The van der Waals surface area contributed by atoms with Crippen molar-refractivity contribution in [1.29, 1.82) is 0 Å². The van der Waals surface area contributed by atoms with E-state index in [4.69, 9.17) is 5.73 Å². The Hall–Kier alpha value is -1.97. The Morgan fingerprint density at radius 2 is 1.79 bits per heavy atom. The Bertz CT molecular complexity index is 685. The van der Waals surface area contributed by atoms with Gasteiger partial charge in [0, 0.05) is 19.1 Å². The van der Waals surface area contributed by atoms with Crippen LogP contribution in [0.15, 0.2) is 35.2 Å². The van der Waals surface area contributed by atoms with Crippen molar-refractivity contribution in [2.45, 2.75) is 36.7 Å². The third kappa shape index (κ3) is 4.76. The molecule has 1 heterocycles. The number of imide groups is 1. The van der Waals surface area contributed by atoms with Gasteiger partial charge in [0.2, 0.25) is 15.9 Å². The highest BCUT2D eigenvalue weighted by Crippen LogP contribution is 2.16. The second kappa shape index (κ2) is 7.73. The normalized spacial score (nSPS) is 18.0. The number of nitrogens with two attached hydrogens (primary N) is 1. The minimum absolute atomic E-state index is 0.183. The molecule has 0 aromatic heterocycles. The molecular weight excluding hydrogens is 332 g/mol. The van der Waals surface area contributed by atoms with Gasteiger partial charge in [0.1, 0.15) is 0 Å². The third-order valence-electron chi connectivity index (χ3n) is 4.08. The molecule has 0 aliphatic carbocycles. The molecule has 0 spiro atoms. The molecule has 132 valence electrons. The molecule has 2 rings (SSSR count). The van der Waals surface area contributed by atoms with Gasteiger partial charge >= 0.3 is 6.03 Å². The minimum atomic E-state index is -3.54. The molecule has 0 bridgehead atoms. The summed E-state index contributed by atoms with van der Waals surface area (Å²) in [7, 11) is -3.54. The maximum Gasteiger partial charge on any atom is 0.318 e. The number of primary amides is 1. The van der Waals surface area contributed by atoms with Gasteiger partial charge in [0.25, 0.3) is 0 Å². The van der Waals surface area contributed by atoms with Crippen molar-refractivity contribution in [3.8, 4) is 0 Å². The Morgan fingerprint density at radius 3 is 2.33 bits per heavy atom. The van der Waals surface area contributed by atoms with Gasteiger partial charge in [-0.25, -0.2) is 17.9 Å². The lowest BCUT2D eigenvalue weighted by Gasteiger charge is -2.35. The number of hydrogen-bond acceptors (Lipinski definition) is 5. The fourth-order valence-electron chi connectivity index (χ4n) is 2.68. The van der Waals surface area contributed by atoms with Crippen LogP contribution >= 0.6 is 0 Å². The van der Waals surface area contributed by atoms with E-state index in [2.05, 4.69) is 10.0 Å². The fraction of sp³-hybridized carbons (Fsp3) is 0.467. The summed E-state index contributed by atoms with van der Waals surface area (Å²) in [6, 6.07) is 6.66. The standard InChI is InChI=1S/C15H22N4O4S/c1-11(14(20)17-15(16)21)19-9-7-12(8-10-19)18-24(22,23)13-5-3-2-4-6-13/h2-6,11-12,18H,7-10H2,1H3,(H3,16,17,20,21)/t11-/m0/s1. The minimum Gasteiger partial charge on any atom is -0.351 e. The highest BCUT2D eigenvalue weighted by Gasteiger charge is 2.29. The van der Waals surface area contributed by atoms with Gasteiger partial charge in [0.05, 0.1) is 10.9 Å².